The van der Waals surface area contributed by atoms with Crippen LogP contribution < -0.4 is 11.1 Å². The summed E-state index contributed by atoms with van der Waals surface area (Å²) >= 11 is 7.14. The summed E-state index contributed by atoms with van der Waals surface area (Å²) in [6.07, 6.45) is 1.11. The van der Waals surface area contributed by atoms with Gasteiger partial charge in [-0.25, -0.2) is 0 Å². The fourth-order valence-corrected chi connectivity index (χ4v) is 3.08. The highest BCUT2D eigenvalue weighted by Crippen LogP contribution is 2.47. The number of rotatable bonds is 7. The summed E-state index contributed by atoms with van der Waals surface area (Å²) in [6, 6.07) is 7.60. The lowest BCUT2D eigenvalue weighted by molar-refractivity contribution is -0.119. The van der Waals surface area contributed by atoms with Gasteiger partial charge in [0.2, 0.25) is 11.8 Å². The monoisotopic (exact) mass is 326 g/mol. The Morgan fingerprint density at radius 3 is 2.52 bits per heavy atom. The van der Waals surface area contributed by atoms with E-state index in [0.717, 1.165) is 12.0 Å². The molecule has 0 radical (unpaired) electrons. The second kappa shape index (κ2) is 7.18. The Bertz CT molecular complexity index is 521. The van der Waals surface area contributed by atoms with Crippen molar-refractivity contribution in [2.75, 3.05) is 11.5 Å². The Labute approximate surface area is 133 Å². The normalized spacial score (nSPS) is 21.6. The van der Waals surface area contributed by atoms with Crippen molar-refractivity contribution >= 4 is 35.2 Å². The molecule has 1 fully saturated rings. The van der Waals surface area contributed by atoms with Crippen LogP contribution >= 0.6 is 23.4 Å². The largest absolute Gasteiger partial charge is 0.369 e. The maximum absolute atomic E-state index is 12.0. The third-order valence-electron chi connectivity index (χ3n) is 3.62. The molecule has 0 aromatic heterocycles. The van der Waals surface area contributed by atoms with Crippen molar-refractivity contribution in [2.24, 2.45) is 17.6 Å². The van der Waals surface area contributed by atoms with Crippen LogP contribution in [0.2, 0.25) is 5.02 Å². The minimum Gasteiger partial charge on any atom is -0.369 e. The molecule has 4 nitrogen and oxygen atoms in total. The van der Waals surface area contributed by atoms with Crippen LogP contribution in [0.1, 0.15) is 24.9 Å². The summed E-state index contributed by atoms with van der Waals surface area (Å²) in [5.41, 5.74) is 6.13. The molecule has 1 aliphatic rings. The van der Waals surface area contributed by atoms with Gasteiger partial charge in [-0.3, -0.25) is 9.59 Å². The first-order valence-corrected chi connectivity index (χ1v) is 8.41. The van der Waals surface area contributed by atoms with E-state index in [4.69, 9.17) is 17.3 Å². The number of hydrogen-bond acceptors (Lipinski definition) is 3. The zero-order chi connectivity index (χ0) is 15.4. The van der Waals surface area contributed by atoms with Crippen LogP contribution in [0.3, 0.4) is 0 Å². The van der Waals surface area contributed by atoms with Gasteiger partial charge < -0.3 is 11.1 Å². The second-order valence-electron chi connectivity index (χ2n) is 5.43. The van der Waals surface area contributed by atoms with Crippen molar-refractivity contribution in [2.45, 2.75) is 19.4 Å². The number of halogens is 1. The number of primary amides is 1. The van der Waals surface area contributed by atoms with E-state index in [-0.39, 0.29) is 23.5 Å². The van der Waals surface area contributed by atoms with Gasteiger partial charge in [0.15, 0.2) is 0 Å². The number of carbonyl (C=O) groups excluding carboxylic acids is 2. The topological polar surface area (TPSA) is 72.2 Å². The lowest BCUT2D eigenvalue weighted by Gasteiger charge is -2.19. The van der Waals surface area contributed by atoms with Crippen LogP contribution in [0, 0.1) is 11.8 Å². The molecule has 1 saturated carbocycles. The lowest BCUT2D eigenvalue weighted by atomic mass is 10.0. The summed E-state index contributed by atoms with van der Waals surface area (Å²) in [7, 11) is 0. The van der Waals surface area contributed by atoms with Crippen LogP contribution in [0.4, 0.5) is 0 Å². The molecule has 0 spiro atoms. The third-order valence-corrected chi connectivity index (χ3v) is 4.83. The third kappa shape index (κ3) is 4.93. The molecule has 1 aromatic rings. The van der Waals surface area contributed by atoms with Crippen molar-refractivity contribution in [1.82, 2.24) is 5.32 Å². The smallest absolute Gasteiger partial charge is 0.230 e. The van der Waals surface area contributed by atoms with E-state index < -0.39 is 5.91 Å². The SMILES string of the molecule is C[C@@H]1C[C@H]1[C@H](NC(=O)CSCC(N)=O)c1ccc(Cl)cc1. The van der Waals surface area contributed by atoms with E-state index >= 15 is 0 Å². The first kappa shape index (κ1) is 16.2. The highest BCUT2D eigenvalue weighted by molar-refractivity contribution is 8.00. The van der Waals surface area contributed by atoms with Crippen molar-refractivity contribution < 1.29 is 9.59 Å². The van der Waals surface area contributed by atoms with Crippen LogP contribution in [0.15, 0.2) is 24.3 Å². The molecule has 0 bridgehead atoms. The highest BCUT2D eigenvalue weighted by atomic mass is 35.5. The predicted octanol–water partition coefficient (Wildman–Crippen LogP) is 2.37. The molecule has 0 saturated heterocycles. The quantitative estimate of drug-likeness (QED) is 0.808. The molecule has 0 heterocycles. The van der Waals surface area contributed by atoms with Crippen LogP contribution in [0.25, 0.3) is 0 Å². The Balaban J connectivity index is 1.95. The van der Waals surface area contributed by atoms with Crippen LogP contribution in [0.5, 0.6) is 0 Å². The summed E-state index contributed by atoms with van der Waals surface area (Å²) < 4.78 is 0. The number of hydrogen-bond donors (Lipinski definition) is 2. The van der Waals surface area contributed by atoms with E-state index in [1.54, 1.807) is 0 Å². The number of amides is 2. The molecule has 21 heavy (non-hydrogen) atoms. The maximum Gasteiger partial charge on any atom is 0.230 e. The minimum atomic E-state index is -0.405. The fraction of sp³-hybridized carbons (Fsp3) is 0.467. The zero-order valence-electron chi connectivity index (χ0n) is 11.8. The standard InChI is InChI=1S/C15H19ClN2O2S/c1-9-6-12(9)15(10-2-4-11(16)5-3-10)18-14(20)8-21-7-13(17)19/h2-5,9,12,15H,6-8H2,1H3,(H2,17,19)(H,18,20)/t9-,12-,15-/m1/s1. The Hall–Kier alpha value is -1.20. The maximum atomic E-state index is 12.0. The van der Waals surface area contributed by atoms with Gasteiger partial charge in [-0.05, 0) is 36.0 Å². The average Bonchev–Trinajstić information content (AvgIpc) is 3.13. The summed E-state index contributed by atoms with van der Waals surface area (Å²) in [5.74, 6) is 1.02. The Morgan fingerprint density at radius 2 is 2.00 bits per heavy atom. The molecule has 3 N–H and O–H groups in total. The minimum absolute atomic E-state index is 0.0129. The van der Waals surface area contributed by atoms with Gasteiger partial charge in [0.05, 0.1) is 17.5 Å². The molecule has 3 atom stereocenters. The fourth-order valence-electron chi connectivity index (χ4n) is 2.38. The molecular formula is C15H19ClN2O2S. The van der Waals surface area contributed by atoms with E-state index in [9.17, 15) is 9.59 Å². The van der Waals surface area contributed by atoms with Crippen LogP contribution in [-0.4, -0.2) is 23.3 Å². The highest BCUT2D eigenvalue weighted by Gasteiger charge is 2.40. The summed E-state index contributed by atoms with van der Waals surface area (Å²) in [4.78, 5) is 22.7. The average molecular weight is 327 g/mol. The van der Waals surface area contributed by atoms with Gasteiger partial charge in [0.25, 0.3) is 0 Å². The van der Waals surface area contributed by atoms with Gasteiger partial charge >= 0.3 is 0 Å². The van der Waals surface area contributed by atoms with Crippen LogP contribution in [-0.2, 0) is 9.59 Å². The molecule has 2 amide bonds. The van der Waals surface area contributed by atoms with Crippen molar-refractivity contribution in [3.05, 3.63) is 34.9 Å². The molecule has 2 rings (SSSR count). The number of benzene rings is 1. The van der Waals surface area contributed by atoms with Crippen molar-refractivity contribution in [3.8, 4) is 0 Å². The van der Waals surface area contributed by atoms with Crippen molar-refractivity contribution in [1.29, 1.82) is 0 Å². The molecule has 1 aliphatic carbocycles. The first-order chi connectivity index (χ1) is 9.97. The number of nitrogens with one attached hydrogen (secondary N) is 1. The number of thioether (sulfide) groups is 1. The van der Waals surface area contributed by atoms with Gasteiger partial charge in [0.1, 0.15) is 0 Å². The molecule has 1 aromatic carbocycles. The molecular weight excluding hydrogens is 308 g/mol. The summed E-state index contributed by atoms with van der Waals surface area (Å²) in [5, 5.41) is 3.75. The van der Waals surface area contributed by atoms with E-state index in [1.807, 2.05) is 24.3 Å². The molecule has 114 valence electrons. The van der Waals surface area contributed by atoms with Gasteiger partial charge in [-0.2, -0.15) is 0 Å². The lowest BCUT2D eigenvalue weighted by Crippen LogP contribution is -2.32. The van der Waals surface area contributed by atoms with E-state index in [1.165, 1.54) is 11.8 Å². The second-order valence-corrected chi connectivity index (χ2v) is 6.85. The molecule has 0 unspecified atom stereocenters. The van der Waals surface area contributed by atoms with Gasteiger partial charge in [0, 0.05) is 5.02 Å². The zero-order valence-corrected chi connectivity index (χ0v) is 13.4. The van der Waals surface area contributed by atoms with E-state index in [2.05, 4.69) is 12.2 Å². The Morgan fingerprint density at radius 1 is 1.38 bits per heavy atom. The van der Waals surface area contributed by atoms with Gasteiger partial charge in [-0.15, -0.1) is 11.8 Å². The predicted molar refractivity (Wildman–Crippen MR) is 86.1 cm³/mol. The van der Waals surface area contributed by atoms with E-state index in [0.29, 0.717) is 16.9 Å². The first-order valence-electron chi connectivity index (χ1n) is 6.88. The Kier molecular flexibility index (Phi) is 5.53. The van der Waals surface area contributed by atoms with Crippen molar-refractivity contribution in [3.63, 3.8) is 0 Å². The number of nitrogens with two attached hydrogens (primary N) is 1. The summed E-state index contributed by atoms with van der Waals surface area (Å²) in [6.45, 7) is 2.18. The molecule has 6 heteroatoms. The van der Waals surface area contributed by atoms with Gasteiger partial charge in [-0.1, -0.05) is 30.7 Å². The number of carbonyl (C=O) groups is 2. The molecule has 0 aliphatic heterocycles.